The molecule has 2 aromatic heterocycles. The largest absolute Gasteiger partial charge is 0.497 e. The third-order valence-corrected chi connectivity index (χ3v) is 3.96. The number of methoxy groups -OCH3 is 1. The van der Waals surface area contributed by atoms with E-state index in [-0.39, 0.29) is 0 Å². The van der Waals surface area contributed by atoms with Crippen LogP contribution in [0.15, 0.2) is 60.8 Å². The Kier molecular flexibility index (Phi) is 4.00. The van der Waals surface area contributed by atoms with Gasteiger partial charge in [-0.15, -0.1) is 0 Å². The van der Waals surface area contributed by atoms with Crippen LogP contribution in [0.3, 0.4) is 0 Å². The molecule has 6 nitrogen and oxygen atoms in total. The fourth-order valence-electron chi connectivity index (χ4n) is 2.60. The van der Waals surface area contributed by atoms with Crippen molar-refractivity contribution in [1.82, 2.24) is 20.2 Å². The van der Waals surface area contributed by atoms with E-state index in [9.17, 15) is 0 Å². The highest BCUT2D eigenvalue weighted by molar-refractivity contribution is 5.84. The zero-order valence-electron chi connectivity index (χ0n) is 13.7. The molecule has 2 N–H and O–H groups in total. The highest BCUT2D eigenvalue weighted by atomic mass is 16.5. The van der Waals surface area contributed by atoms with E-state index in [1.807, 2.05) is 42.5 Å². The van der Waals surface area contributed by atoms with Gasteiger partial charge in [0.1, 0.15) is 5.75 Å². The third-order valence-electron chi connectivity index (χ3n) is 3.96. The Morgan fingerprint density at radius 1 is 1.04 bits per heavy atom. The van der Waals surface area contributed by atoms with Gasteiger partial charge in [-0.05, 0) is 29.8 Å². The number of aromatic amines is 1. The molecule has 0 bridgehead atoms. The summed E-state index contributed by atoms with van der Waals surface area (Å²) in [7, 11) is 1.65. The molecule has 4 aromatic rings. The van der Waals surface area contributed by atoms with E-state index in [0.29, 0.717) is 18.0 Å². The molecule has 2 aromatic carbocycles. The number of nitrogens with zero attached hydrogens (tertiary/aromatic N) is 3. The molecule has 0 spiro atoms. The Hall–Kier alpha value is -3.41. The van der Waals surface area contributed by atoms with E-state index in [2.05, 4.69) is 32.6 Å². The summed E-state index contributed by atoms with van der Waals surface area (Å²) in [5.41, 5.74) is 4.33. The molecule has 0 amide bonds. The molecule has 6 heteroatoms. The number of ether oxygens (including phenoxy) is 1. The fraction of sp³-hybridized carbons (Fsp3) is 0.105. The quantitative estimate of drug-likeness (QED) is 0.584. The third kappa shape index (κ3) is 3.14. The molecule has 0 aliphatic rings. The molecule has 0 aliphatic heterocycles. The summed E-state index contributed by atoms with van der Waals surface area (Å²) >= 11 is 0. The molecule has 0 saturated carbocycles. The van der Waals surface area contributed by atoms with Crippen LogP contribution >= 0.6 is 0 Å². The first kappa shape index (κ1) is 15.1. The molecule has 0 aliphatic carbocycles. The number of benzene rings is 2. The van der Waals surface area contributed by atoms with Crippen LogP contribution in [0.1, 0.15) is 5.56 Å². The van der Waals surface area contributed by atoms with Gasteiger partial charge in [-0.1, -0.05) is 30.3 Å². The normalized spacial score (nSPS) is 10.8. The second-order valence-corrected chi connectivity index (χ2v) is 5.59. The number of nitrogens with one attached hydrogen (secondary N) is 2. The average Bonchev–Trinajstić information content (AvgIpc) is 3.09. The second-order valence-electron chi connectivity index (χ2n) is 5.59. The van der Waals surface area contributed by atoms with Crippen molar-refractivity contribution in [3.8, 4) is 17.0 Å². The maximum Gasteiger partial charge on any atom is 0.176 e. The first-order valence-electron chi connectivity index (χ1n) is 7.97. The zero-order valence-corrected chi connectivity index (χ0v) is 13.7. The molecule has 2 heterocycles. The lowest BCUT2D eigenvalue weighted by Gasteiger charge is -2.05. The van der Waals surface area contributed by atoms with Gasteiger partial charge >= 0.3 is 0 Å². The number of hydrogen-bond acceptors (Lipinski definition) is 5. The Labute approximate surface area is 144 Å². The molecular formula is C19H17N5O. The van der Waals surface area contributed by atoms with Crippen molar-refractivity contribution < 1.29 is 4.74 Å². The number of rotatable bonds is 5. The van der Waals surface area contributed by atoms with Crippen molar-refractivity contribution in [2.24, 2.45) is 0 Å². The minimum atomic E-state index is 0.660. The van der Waals surface area contributed by atoms with Gasteiger partial charge in [0.05, 0.1) is 19.0 Å². The van der Waals surface area contributed by atoms with Crippen molar-refractivity contribution in [2.75, 3.05) is 12.4 Å². The van der Waals surface area contributed by atoms with Gasteiger partial charge in [0.25, 0.3) is 0 Å². The number of H-pyrrole nitrogens is 1. The smallest absolute Gasteiger partial charge is 0.176 e. The van der Waals surface area contributed by atoms with Crippen LogP contribution in [0.25, 0.3) is 22.4 Å². The van der Waals surface area contributed by atoms with E-state index in [1.54, 1.807) is 13.3 Å². The summed E-state index contributed by atoms with van der Waals surface area (Å²) in [6, 6.07) is 17.9. The minimum Gasteiger partial charge on any atom is -0.497 e. The molecule has 4 rings (SSSR count). The Morgan fingerprint density at radius 3 is 2.60 bits per heavy atom. The summed E-state index contributed by atoms with van der Waals surface area (Å²) in [5.74, 6) is 1.51. The van der Waals surface area contributed by atoms with E-state index in [0.717, 1.165) is 22.5 Å². The summed E-state index contributed by atoms with van der Waals surface area (Å²) in [6.07, 6.45) is 1.74. The van der Waals surface area contributed by atoms with E-state index < -0.39 is 0 Å². The number of anilines is 1. The first-order chi connectivity index (χ1) is 12.3. The molecule has 0 saturated heterocycles. The SMILES string of the molecule is COc1ccc(-c2cnc3[nH]nc(NCc4ccccc4)c3n2)cc1. The fourth-order valence-corrected chi connectivity index (χ4v) is 2.60. The van der Waals surface area contributed by atoms with Gasteiger partial charge in [0.2, 0.25) is 0 Å². The Morgan fingerprint density at radius 2 is 1.84 bits per heavy atom. The van der Waals surface area contributed by atoms with Gasteiger partial charge in [0.15, 0.2) is 17.0 Å². The van der Waals surface area contributed by atoms with Crippen LogP contribution in [-0.4, -0.2) is 27.3 Å². The molecule has 0 unspecified atom stereocenters. The predicted octanol–water partition coefficient (Wildman–Crippen LogP) is 3.64. The summed E-state index contributed by atoms with van der Waals surface area (Å²) in [5, 5.41) is 10.5. The highest BCUT2D eigenvalue weighted by Gasteiger charge is 2.10. The van der Waals surface area contributed by atoms with E-state index in [4.69, 9.17) is 9.72 Å². The average molecular weight is 331 g/mol. The second kappa shape index (κ2) is 6.60. The summed E-state index contributed by atoms with van der Waals surface area (Å²) in [4.78, 5) is 9.14. The minimum absolute atomic E-state index is 0.660. The van der Waals surface area contributed by atoms with Crippen LogP contribution in [0.4, 0.5) is 5.82 Å². The van der Waals surface area contributed by atoms with E-state index in [1.165, 1.54) is 5.56 Å². The highest BCUT2D eigenvalue weighted by Crippen LogP contribution is 2.24. The number of fused-ring (bicyclic) bond motifs is 1. The molecular weight excluding hydrogens is 314 g/mol. The summed E-state index contributed by atoms with van der Waals surface area (Å²) in [6.45, 7) is 0.676. The van der Waals surface area contributed by atoms with Gasteiger partial charge in [-0.25, -0.2) is 9.97 Å². The van der Waals surface area contributed by atoms with Crippen molar-refractivity contribution in [2.45, 2.75) is 6.54 Å². The van der Waals surface area contributed by atoms with Gasteiger partial charge in [-0.2, -0.15) is 5.10 Å². The molecule has 124 valence electrons. The lowest BCUT2D eigenvalue weighted by atomic mass is 10.1. The van der Waals surface area contributed by atoms with Gasteiger partial charge < -0.3 is 10.1 Å². The maximum absolute atomic E-state index is 5.19. The monoisotopic (exact) mass is 331 g/mol. The molecule has 0 fully saturated rings. The molecule has 0 atom stereocenters. The molecule has 25 heavy (non-hydrogen) atoms. The maximum atomic E-state index is 5.19. The standard InChI is InChI=1S/C19H17N5O/c1-25-15-9-7-14(8-10-15)16-12-21-19-17(22-16)18(23-24-19)20-11-13-5-3-2-4-6-13/h2-10,12H,11H2,1H3,(H2,20,21,23,24). The zero-order chi connectivity index (χ0) is 17.1. The van der Waals surface area contributed by atoms with Gasteiger partial charge in [0, 0.05) is 12.1 Å². The van der Waals surface area contributed by atoms with Crippen LogP contribution in [0.5, 0.6) is 5.75 Å². The van der Waals surface area contributed by atoms with Gasteiger partial charge in [-0.3, -0.25) is 5.10 Å². The van der Waals surface area contributed by atoms with Crippen LogP contribution in [0.2, 0.25) is 0 Å². The van der Waals surface area contributed by atoms with Crippen LogP contribution in [0, 0.1) is 0 Å². The van der Waals surface area contributed by atoms with E-state index >= 15 is 0 Å². The summed E-state index contributed by atoms with van der Waals surface area (Å²) < 4.78 is 5.19. The Bertz CT molecular complexity index is 980. The Balaban J connectivity index is 1.62. The predicted molar refractivity (Wildman–Crippen MR) is 97.4 cm³/mol. The molecule has 0 radical (unpaired) electrons. The van der Waals surface area contributed by atoms with Crippen LogP contribution < -0.4 is 10.1 Å². The number of aromatic nitrogens is 4. The van der Waals surface area contributed by atoms with Crippen molar-refractivity contribution in [1.29, 1.82) is 0 Å². The lowest BCUT2D eigenvalue weighted by molar-refractivity contribution is 0.415. The van der Waals surface area contributed by atoms with Crippen molar-refractivity contribution >= 4 is 17.0 Å². The first-order valence-corrected chi connectivity index (χ1v) is 7.97. The lowest BCUT2D eigenvalue weighted by Crippen LogP contribution is -2.00. The van der Waals surface area contributed by atoms with Crippen molar-refractivity contribution in [3.63, 3.8) is 0 Å². The van der Waals surface area contributed by atoms with Crippen molar-refractivity contribution in [3.05, 3.63) is 66.4 Å². The topological polar surface area (TPSA) is 75.7 Å². The van der Waals surface area contributed by atoms with Crippen LogP contribution in [-0.2, 0) is 6.54 Å². The number of hydrogen-bond donors (Lipinski definition) is 2.